The van der Waals surface area contributed by atoms with E-state index in [1.54, 1.807) is 14.2 Å². The average molecular weight is 265 g/mol. The highest BCUT2D eigenvalue weighted by molar-refractivity contribution is 7.86. The Balaban J connectivity index is 2.53. The van der Waals surface area contributed by atoms with E-state index < -0.39 is 10.2 Å². The zero-order valence-electron chi connectivity index (χ0n) is 10.6. The van der Waals surface area contributed by atoms with E-state index in [0.29, 0.717) is 32.6 Å². The molecule has 7 heteroatoms. The fourth-order valence-electron chi connectivity index (χ4n) is 1.92. The van der Waals surface area contributed by atoms with Crippen molar-refractivity contribution in [1.29, 1.82) is 0 Å². The van der Waals surface area contributed by atoms with Gasteiger partial charge in [0.05, 0.1) is 6.10 Å². The molecule has 0 aromatic rings. The van der Waals surface area contributed by atoms with Gasteiger partial charge in [-0.3, -0.25) is 0 Å². The molecule has 102 valence electrons. The zero-order chi connectivity index (χ0) is 12.9. The lowest BCUT2D eigenvalue weighted by molar-refractivity contribution is 0.0593. The largest absolute Gasteiger partial charge is 0.381 e. The van der Waals surface area contributed by atoms with Crippen LogP contribution in [0.5, 0.6) is 0 Å². The van der Waals surface area contributed by atoms with Crippen LogP contribution in [0, 0.1) is 0 Å². The number of nitrogens with two attached hydrogens (primary N) is 1. The minimum absolute atomic E-state index is 0.191. The lowest BCUT2D eigenvalue weighted by atomic mass is 10.1. The van der Waals surface area contributed by atoms with E-state index in [2.05, 4.69) is 0 Å². The molecule has 1 heterocycles. The molecule has 1 rings (SSSR count). The number of nitrogens with zero attached hydrogens (tertiary/aromatic N) is 2. The normalized spacial score (nSPS) is 20.0. The maximum absolute atomic E-state index is 12.2. The van der Waals surface area contributed by atoms with Crippen LogP contribution in [0.25, 0.3) is 0 Å². The minimum Gasteiger partial charge on any atom is -0.381 e. The Hall–Kier alpha value is -0.210. The SMILES string of the molecule is COC1CCN(S(=O)(=O)N(C)CCCN)CC1. The summed E-state index contributed by atoms with van der Waals surface area (Å²) < 4.78 is 32.4. The summed E-state index contributed by atoms with van der Waals surface area (Å²) in [7, 11) is -0.0370. The zero-order valence-corrected chi connectivity index (χ0v) is 11.4. The van der Waals surface area contributed by atoms with Crippen LogP contribution < -0.4 is 5.73 Å². The van der Waals surface area contributed by atoms with Crippen molar-refractivity contribution in [3.63, 3.8) is 0 Å². The lowest BCUT2D eigenvalue weighted by Gasteiger charge is -2.33. The van der Waals surface area contributed by atoms with E-state index in [-0.39, 0.29) is 6.10 Å². The Morgan fingerprint density at radius 3 is 2.47 bits per heavy atom. The number of hydrogen-bond acceptors (Lipinski definition) is 4. The molecule has 1 aliphatic heterocycles. The van der Waals surface area contributed by atoms with Gasteiger partial charge in [-0.2, -0.15) is 17.0 Å². The summed E-state index contributed by atoms with van der Waals surface area (Å²) >= 11 is 0. The van der Waals surface area contributed by atoms with Crippen molar-refractivity contribution in [1.82, 2.24) is 8.61 Å². The summed E-state index contributed by atoms with van der Waals surface area (Å²) in [4.78, 5) is 0. The first-order valence-electron chi connectivity index (χ1n) is 5.96. The van der Waals surface area contributed by atoms with E-state index in [1.807, 2.05) is 0 Å². The third-order valence-electron chi connectivity index (χ3n) is 3.13. The lowest BCUT2D eigenvalue weighted by Crippen LogP contribution is -2.47. The van der Waals surface area contributed by atoms with Crippen LogP contribution >= 0.6 is 0 Å². The van der Waals surface area contributed by atoms with Crippen molar-refractivity contribution in [3.8, 4) is 0 Å². The summed E-state index contributed by atoms with van der Waals surface area (Å²) in [5, 5.41) is 0. The highest BCUT2D eigenvalue weighted by atomic mass is 32.2. The van der Waals surface area contributed by atoms with Gasteiger partial charge >= 0.3 is 0 Å². The van der Waals surface area contributed by atoms with Crippen molar-refractivity contribution in [2.75, 3.05) is 40.3 Å². The Labute approximate surface area is 104 Å². The molecule has 1 saturated heterocycles. The third-order valence-corrected chi connectivity index (χ3v) is 5.12. The molecule has 17 heavy (non-hydrogen) atoms. The van der Waals surface area contributed by atoms with E-state index in [0.717, 1.165) is 12.8 Å². The molecule has 1 aliphatic rings. The van der Waals surface area contributed by atoms with Gasteiger partial charge in [0.2, 0.25) is 0 Å². The van der Waals surface area contributed by atoms with Gasteiger partial charge in [-0.15, -0.1) is 0 Å². The number of methoxy groups -OCH3 is 1. The second kappa shape index (κ2) is 6.65. The van der Waals surface area contributed by atoms with Gasteiger partial charge in [0.25, 0.3) is 10.2 Å². The molecule has 0 aromatic heterocycles. The molecular weight excluding hydrogens is 242 g/mol. The minimum atomic E-state index is -3.31. The van der Waals surface area contributed by atoms with Crippen molar-refractivity contribution in [2.45, 2.75) is 25.4 Å². The Kier molecular flexibility index (Phi) is 5.81. The fraction of sp³-hybridized carbons (Fsp3) is 1.00. The number of rotatable bonds is 6. The summed E-state index contributed by atoms with van der Waals surface area (Å²) in [6, 6.07) is 0. The predicted octanol–water partition coefficient (Wildman–Crippen LogP) is -0.377. The Morgan fingerprint density at radius 1 is 1.41 bits per heavy atom. The first kappa shape index (κ1) is 14.8. The van der Waals surface area contributed by atoms with Gasteiger partial charge in [-0.1, -0.05) is 0 Å². The molecule has 0 spiro atoms. The molecule has 6 nitrogen and oxygen atoms in total. The van der Waals surface area contributed by atoms with E-state index in [4.69, 9.17) is 10.5 Å². The molecule has 2 N–H and O–H groups in total. The summed E-state index contributed by atoms with van der Waals surface area (Å²) in [5.41, 5.74) is 5.38. The van der Waals surface area contributed by atoms with Gasteiger partial charge in [0.15, 0.2) is 0 Å². The summed E-state index contributed by atoms with van der Waals surface area (Å²) in [6.45, 7) is 2.05. The number of ether oxygens (including phenoxy) is 1. The van der Waals surface area contributed by atoms with E-state index in [1.165, 1.54) is 8.61 Å². The topological polar surface area (TPSA) is 75.9 Å². The molecule has 0 radical (unpaired) electrons. The maximum atomic E-state index is 12.2. The predicted molar refractivity (Wildman–Crippen MR) is 66.8 cm³/mol. The summed E-state index contributed by atoms with van der Waals surface area (Å²) in [6.07, 6.45) is 2.40. The molecule has 1 fully saturated rings. The first-order chi connectivity index (χ1) is 8.02. The van der Waals surface area contributed by atoms with Crippen LogP contribution in [0.2, 0.25) is 0 Å². The molecular formula is C10H23N3O3S. The maximum Gasteiger partial charge on any atom is 0.281 e. The van der Waals surface area contributed by atoms with Crippen LogP contribution in [-0.2, 0) is 14.9 Å². The highest BCUT2D eigenvalue weighted by Crippen LogP contribution is 2.17. The van der Waals surface area contributed by atoms with Gasteiger partial charge in [0.1, 0.15) is 0 Å². The number of hydrogen-bond donors (Lipinski definition) is 1. The van der Waals surface area contributed by atoms with E-state index >= 15 is 0 Å². The molecule has 0 aliphatic carbocycles. The average Bonchev–Trinajstić information content (AvgIpc) is 2.35. The van der Waals surface area contributed by atoms with Crippen LogP contribution in [-0.4, -0.2) is 63.5 Å². The molecule has 0 saturated carbocycles. The number of piperidine rings is 1. The van der Waals surface area contributed by atoms with Crippen LogP contribution in [0.4, 0.5) is 0 Å². The van der Waals surface area contributed by atoms with Crippen molar-refractivity contribution >= 4 is 10.2 Å². The van der Waals surface area contributed by atoms with Crippen LogP contribution in [0.1, 0.15) is 19.3 Å². The standard InChI is InChI=1S/C10H23N3O3S/c1-12(7-3-6-11)17(14,15)13-8-4-10(16-2)5-9-13/h10H,3-9,11H2,1-2H3. The second-order valence-corrected chi connectivity index (χ2v) is 6.34. The summed E-state index contributed by atoms with van der Waals surface area (Å²) in [5.74, 6) is 0. The van der Waals surface area contributed by atoms with Gasteiger partial charge in [-0.25, -0.2) is 0 Å². The second-order valence-electron chi connectivity index (χ2n) is 4.31. The van der Waals surface area contributed by atoms with Gasteiger partial charge < -0.3 is 10.5 Å². The molecule has 0 amide bonds. The Morgan fingerprint density at radius 2 is 2.00 bits per heavy atom. The van der Waals surface area contributed by atoms with Gasteiger partial charge in [0, 0.05) is 33.8 Å². The molecule has 0 aromatic carbocycles. The highest BCUT2D eigenvalue weighted by Gasteiger charge is 2.30. The fourth-order valence-corrected chi connectivity index (χ4v) is 3.35. The molecule has 0 unspecified atom stereocenters. The molecule has 0 atom stereocenters. The Bertz CT molecular complexity index is 313. The van der Waals surface area contributed by atoms with Crippen molar-refractivity contribution in [3.05, 3.63) is 0 Å². The van der Waals surface area contributed by atoms with E-state index in [9.17, 15) is 8.42 Å². The monoisotopic (exact) mass is 265 g/mol. The van der Waals surface area contributed by atoms with Crippen molar-refractivity contribution < 1.29 is 13.2 Å². The third kappa shape index (κ3) is 3.89. The van der Waals surface area contributed by atoms with Crippen molar-refractivity contribution in [2.24, 2.45) is 5.73 Å². The van der Waals surface area contributed by atoms with Crippen LogP contribution in [0.15, 0.2) is 0 Å². The van der Waals surface area contributed by atoms with Gasteiger partial charge in [-0.05, 0) is 25.8 Å². The first-order valence-corrected chi connectivity index (χ1v) is 7.36. The van der Waals surface area contributed by atoms with Crippen LogP contribution in [0.3, 0.4) is 0 Å². The smallest absolute Gasteiger partial charge is 0.281 e. The quantitative estimate of drug-likeness (QED) is 0.710. The molecule has 0 bridgehead atoms.